The molecule has 8 heteroatoms. The van der Waals surface area contributed by atoms with E-state index in [-0.39, 0.29) is 29.5 Å². The number of carbonyl (C=O) groups is 1. The summed E-state index contributed by atoms with van der Waals surface area (Å²) in [6.07, 6.45) is 2.09. The van der Waals surface area contributed by atoms with Crippen LogP contribution in [0.4, 0.5) is 11.4 Å². The molecule has 0 atom stereocenters. The molecular formula is C29H28N2O6. The number of nitro benzene ring substituents is 1. The summed E-state index contributed by atoms with van der Waals surface area (Å²) in [5.74, 6) is 1.46. The van der Waals surface area contributed by atoms with E-state index in [1.54, 1.807) is 6.07 Å². The molecule has 0 saturated carbocycles. The summed E-state index contributed by atoms with van der Waals surface area (Å²) < 4.78 is 17.2. The Morgan fingerprint density at radius 2 is 1.62 bits per heavy atom. The first kappa shape index (κ1) is 25.5. The number of benzene rings is 3. The average molecular weight is 501 g/mol. The Bertz CT molecular complexity index is 1390. The third-order valence-electron chi connectivity index (χ3n) is 5.52. The first-order chi connectivity index (χ1) is 17.8. The van der Waals surface area contributed by atoms with E-state index in [1.165, 1.54) is 29.8 Å². The van der Waals surface area contributed by atoms with Crippen molar-refractivity contribution < 1.29 is 23.6 Å². The van der Waals surface area contributed by atoms with E-state index in [1.807, 2.05) is 56.3 Å². The number of furan rings is 1. The van der Waals surface area contributed by atoms with E-state index < -0.39 is 10.8 Å². The highest BCUT2D eigenvalue weighted by Gasteiger charge is 2.16. The molecule has 4 rings (SSSR count). The second-order valence-corrected chi connectivity index (χ2v) is 8.80. The maximum absolute atomic E-state index is 12.8. The normalized spacial score (nSPS) is 10.7. The molecule has 0 aliphatic rings. The summed E-state index contributed by atoms with van der Waals surface area (Å²) in [5, 5.41) is 14.1. The number of carbonyl (C=O) groups excluding carboxylic acids is 1. The fraction of sp³-hybridized carbons (Fsp3) is 0.207. The Labute approximate surface area is 215 Å². The lowest BCUT2D eigenvalue weighted by Crippen LogP contribution is -2.11. The monoisotopic (exact) mass is 500 g/mol. The first-order valence-electron chi connectivity index (χ1n) is 12.0. The maximum atomic E-state index is 12.8. The van der Waals surface area contributed by atoms with Crippen molar-refractivity contribution in [3.8, 4) is 17.2 Å². The lowest BCUT2D eigenvalue weighted by atomic mass is 10.1. The standard InChI is InChI=1S/C29H28N2O6/c1-4-5-21-6-8-24(9-7-21)35-18-25-10-11-28(37-25)29(32)30-22-15-23(31(33)34)17-27(16-22)36-26-13-19(2)12-20(3)14-26/h6-17H,4-5,18H2,1-3H3,(H,30,32). The van der Waals surface area contributed by atoms with Crippen LogP contribution in [0.25, 0.3) is 0 Å². The Morgan fingerprint density at radius 1 is 0.919 bits per heavy atom. The number of amides is 1. The van der Waals surface area contributed by atoms with E-state index >= 15 is 0 Å². The number of hydrogen-bond donors (Lipinski definition) is 1. The minimum atomic E-state index is -0.548. The van der Waals surface area contributed by atoms with Gasteiger partial charge in [0, 0.05) is 12.1 Å². The molecule has 0 fully saturated rings. The summed E-state index contributed by atoms with van der Waals surface area (Å²) in [6.45, 7) is 6.16. The highest BCUT2D eigenvalue weighted by Crippen LogP contribution is 2.31. The van der Waals surface area contributed by atoms with Crippen LogP contribution in [0.15, 0.2) is 77.2 Å². The van der Waals surface area contributed by atoms with Gasteiger partial charge in [-0.2, -0.15) is 0 Å². The number of non-ortho nitro benzene ring substituents is 1. The minimum Gasteiger partial charge on any atom is -0.486 e. The number of nitrogens with one attached hydrogen (secondary N) is 1. The number of rotatable bonds is 10. The van der Waals surface area contributed by atoms with Gasteiger partial charge in [0.2, 0.25) is 0 Å². The van der Waals surface area contributed by atoms with Gasteiger partial charge in [0.1, 0.15) is 29.6 Å². The van der Waals surface area contributed by atoms with Crippen molar-refractivity contribution in [2.24, 2.45) is 0 Å². The SMILES string of the molecule is CCCc1ccc(OCc2ccc(C(=O)Nc3cc(Oc4cc(C)cc(C)c4)cc([N+](=O)[O-])c3)o2)cc1. The maximum Gasteiger partial charge on any atom is 0.291 e. The third-order valence-corrected chi connectivity index (χ3v) is 5.52. The van der Waals surface area contributed by atoms with Gasteiger partial charge >= 0.3 is 0 Å². The second-order valence-electron chi connectivity index (χ2n) is 8.80. The molecule has 0 radical (unpaired) electrons. The van der Waals surface area contributed by atoms with Gasteiger partial charge in [-0.3, -0.25) is 14.9 Å². The molecule has 8 nitrogen and oxygen atoms in total. The largest absolute Gasteiger partial charge is 0.486 e. The molecule has 190 valence electrons. The molecule has 0 saturated heterocycles. The van der Waals surface area contributed by atoms with Crippen LogP contribution in [-0.4, -0.2) is 10.8 Å². The lowest BCUT2D eigenvalue weighted by Gasteiger charge is -2.10. The van der Waals surface area contributed by atoms with Crippen LogP contribution >= 0.6 is 0 Å². The summed E-state index contributed by atoms with van der Waals surface area (Å²) in [6, 6.07) is 20.8. The Balaban J connectivity index is 1.43. The number of hydrogen-bond acceptors (Lipinski definition) is 6. The molecule has 4 aromatic rings. The van der Waals surface area contributed by atoms with Gasteiger partial charge in [-0.15, -0.1) is 0 Å². The van der Waals surface area contributed by atoms with Gasteiger partial charge in [-0.05, 0) is 73.4 Å². The van der Waals surface area contributed by atoms with Gasteiger partial charge in [-0.25, -0.2) is 0 Å². The highest BCUT2D eigenvalue weighted by molar-refractivity contribution is 6.02. The molecule has 1 N–H and O–H groups in total. The molecular weight excluding hydrogens is 472 g/mol. The number of nitrogens with zero attached hydrogens (tertiary/aromatic N) is 1. The van der Waals surface area contributed by atoms with Gasteiger partial charge in [-0.1, -0.05) is 31.5 Å². The number of ether oxygens (including phenoxy) is 2. The van der Waals surface area contributed by atoms with Crippen molar-refractivity contribution in [2.75, 3.05) is 5.32 Å². The van der Waals surface area contributed by atoms with Crippen molar-refractivity contribution in [1.29, 1.82) is 0 Å². The van der Waals surface area contributed by atoms with Gasteiger partial charge in [0.05, 0.1) is 16.7 Å². The Morgan fingerprint density at radius 3 is 2.30 bits per heavy atom. The summed E-state index contributed by atoms with van der Waals surface area (Å²) >= 11 is 0. The van der Waals surface area contributed by atoms with Crippen LogP contribution in [0.3, 0.4) is 0 Å². The van der Waals surface area contributed by atoms with E-state index in [0.717, 1.165) is 24.0 Å². The van der Waals surface area contributed by atoms with Crippen LogP contribution < -0.4 is 14.8 Å². The smallest absolute Gasteiger partial charge is 0.291 e. The van der Waals surface area contributed by atoms with Crippen molar-refractivity contribution in [3.05, 3.63) is 111 Å². The van der Waals surface area contributed by atoms with E-state index in [2.05, 4.69) is 12.2 Å². The molecule has 3 aromatic carbocycles. The Hall–Kier alpha value is -4.59. The van der Waals surface area contributed by atoms with Gasteiger partial charge < -0.3 is 19.2 Å². The fourth-order valence-corrected chi connectivity index (χ4v) is 3.91. The fourth-order valence-electron chi connectivity index (χ4n) is 3.91. The number of aryl methyl sites for hydroxylation is 3. The second kappa shape index (κ2) is 11.4. The predicted octanol–water partition coefficient (Wildman–Crippen LogP) is 7.38. The van der Waals surface area contributed by atoms with Crippen LogP contribution in [0.5, 0.6) is 17.2 Å². The number of nitro groups is 1. The zero-order valence-corrected chi connectivity index (χ0v) is 20.9. The quantitative estimate of drug-likeness (QED) is 0.180. The molecule has 1 aromatic heterocycles. The number of anilines is 1. The molecule has 1 amide bonds. The predicted molar refractivity (Wildman–Crippen MR) is 141 cm³/mol. The Kier molecular flexibility index (Phi) is 7.88. The zero-order chi connectivity index (χ0) is 26.4. The van der Waals surface area contributed by atoms with Crippen molar-refractivity contribution in [3.63, 3.8) is 0 Å². The van der Waals surface area contributed by atoms with Gasteiger partial charge in [0.15, 0.2) is 5.76 Å². The summed E-state index contributed by atoms with van der Waals surface area (Å²) in [5.41, 5.74) is 3.24. The summed E-state index contributed by atoms with van der Waals surface area (Å²) in [4.78, 5) is 23.7. The third kappa shape index (κ3) is 6.98. The van der Waals surface area contributed by atoms with E-state index in [0.29, 0.717) is 17.3 Å². The molecule has 0 aliphatic carbocycles. The van der Waals surface area contributed by atoms with Crippen molar-refractivity contribution in [2.45, 2.75) is 40.2 Å². The summed E-state index contributed by atoms with van der Waals surface area (Å²) in [7, 11) is 0. The molecule has 37 heavy (non-hydrogen) atoms. The zero-order valence-electron chi connectivity index (χ0n) is 20.9. The topological polar surface area (TPSA) is 104 Å². The highest BCUT2D eigenvalue weighted by atomic mass is 16.6. The van der Waals surface area contributed by atoms with E-state index in [4.69, 9.17) is 13.9 Å². The van der Waals surface area contributed by atoms with Gasteiger partial charge in [0.25, 0.3) is 11.6 Å². The van der Waals surface area contributed by atoms with Crippen LogP contribution in [0, 0.1) is 24.0 Å². The first-order valence-corrected chi connectivity index (χ1v) is 12.0. The van der Waals surface area contributed by atoms with Crippen LogP contribution in [0.2, 0.25) is 0 Å². The molecule has 0 unspecified atom stereocenters. The van der Waals surface area contributed by atoms with Crippen LogP contribution in [-0.2, 0) is 13.0 Å². The average Bonchev–Trinajstić information content (AvgIpc) is 3.32. The molecule has 0 spiro atoms. The van der Waals surface area contributed by atoms with E-state index in [9.17, 15) is 14.9 Å². The van der Waals surface area contributed by atoms with Crippen LogP contribution in [0.1, 0.15) is 46.3 Å². The lowest BCUT2D eigenvalue weighted by molar-refractivity contribution is -0.384. The molecule has 0 aliphatic heterocycles. The van der Waals surface area contributed by atoms with Crippen molar-refractivity contribution in [1.82, 2.24) is 0 Å². The molecule has 0 bridgehead atoms. The van der Waals surface area contributed by atoms with Crippen molar-refractivity contribution >= 4 is 17.3 Å². The molecule has 1 heterocycles. The minimum absolute atomic E-state index is 0.0557.